The third kappa shape index (κ3) is 4.44. The van der Waals surface area contributed by atoms with Crippen molar-refractivity contribution in [2.24, 2.45) is 0 Å². The van der Waals surface area contributed by atoms with Crippen molar-refractivity contribution in [3.8, 4) is 0 Å². The molecule has 1 amide bonds. The summed E-state index contributed by atoms with van der Waals surface area (Å²) in [5.41, 5.74) is 0.943. The van der Waals surface area contributed by atoms with E-state index in [1.165, 1.54) is 61.6 Å². The minimum atomic E-state index is -3.72. The summed E-state index contributed by atoms with van der Waals surface area (Å²) < 4.78 is 26.5. The van der Waals surface area contributed by atoms with Crippen molar-refractivity contribution in [3.63, 3.8) is 0 Å². The van der Waals surface area contributed by atoms with Crippen molar-refractivity contribution in [3.05, 3.63) is 90.0 Å². The van der Waals surface area contributed by atoms with E-state index in [9.17, 15) is 23.1 Å². The Kier molecular flexibility index (Phi) is 5.65. The molecule has 3 aromatic rings. The number of nitrogens with zero attached hydrogens (tertiary/aromatic N) is 1. The van der Waals surface area contributed by atoms with E-state index in [-0.39, 0.29) is 16.0 Å². The Morgan fingerprint density at radius 2 is 1.52 bits per heavy atom. The van der Waals surface area contributed by atoms with Crippen LogP contribution >= 0.6 is 0 Å². The Bertz CT molecular complexity index is 1140. The Hall–Kier alpha value is -3.65. The average molecular weight is 409 g/mol. The molecule has 0 radical (unpaired) electrons. The van der Waals surface area contributed by atoms with Gasteiger partial charge in [-0.2, -0.15) is 0 Å². The summed E-state index contributed by atoms with van der Waals surface area (Å²) in [6, 6.07) is 19.8. The molecule has 0 aromatic heterocycles. The van der Waals surface area contributed by atoms with Crippen molar-refractivity contribution in [2.75, 3.05) is 16.7 Å². The highest BCUT2D eigenvalue weighted by atomic mass is 32.2. The molecule has 0 bridgehead atoms. The van der Waals surface area contributed by atoms with Crippen molar-refractivity contribution in [2.45, 2.75) is 4.90 Å². The van der Waals surface area contributed by atoms with Gasteiger partial charge in [-0.05, 0) is 54.1 Å². The van der Waals surface area contributed by atoms with Gasteiger partial charge in [-0.25, -0.2) is 8.42 Å². The third-order valence-corrected chi connectivity index (χ3v) is 6.05. The number of hydrogen-bond donors (Lipinski definition) is 1. The molecule has 29 heavy (non-hydrogen) atoms. The molecule has 0 saturated heterocycles. The van der Waals surface area contributed by atoms with Crippen LogP contribution in [0.1, 0.15) is 20.7 Å². The molecule has 0 aliphatic carbocycles. The minimum absolute atomic E-state index is 0.0501. The molecule has 8 heteroatoms. The topological polar surface area (TPSA) is 107 Å². The number of amides is 1. The van der Waals surface area contributed by atoms with Gasteiger partial charge >= 0.3 is 0 Å². The summed E-state index contributed by atoms with van der Waals surface area (Å²) in [4.78, 5) is 23.5. The predicted molar refractivity (Wildman–Crippen MR) is 107 cm³/mol. The van der Waals surface area contributed by atoms with Crippen molar-refractivity contribution in [1.82, 2.24) is 0 Å². The van der Waals surface area contributed by atoms with E-state index in [0.717, 1.165) is 4.31 Å². The van der Waals surface area contributed by atoms with E-state index in [1.54, 1.807) is 24.3 Å². The van der Waals surface area contributed by atoms with Gasteiger partial charge in [0.2, 0.25) is 0 Å². The second-order valence-electron chi connectivity index (χ2n) is 6.15. The first-order valence-electron chi connectivity index (χ1n) is 8.56. The number of carboxylic acids is 1. The van der Waals surface area contributed by atoms with Gasteiger partial charge in [0, 0.05) is 18.3 Å². The van der Waals surface area contributed by atoms with Crippen LogP contribution in [0.4, 0.5) is 11.4 Å². The van der Waals surface area contributed by atoms with Crippen LogP contribution in [0.15, 0.2) is 83.8 Å². The molecule has 148 valence electrons. The standard InChI is InChI=1S/C21H18N2O5S/c1-23(29(27,28)19-8-3-2-4-9-19)18-12-10-15(11-13-18)20(24)22-17-7-5-6-16(14-17)21(25)26/h2-14H,1H3,(H,22,24)(H,25,26)/p-1. The zero-order chi connectivity index (χ0) is 21.0. The van der Waals surface area contributed by atoms with Crippen LogP contribution in [0, 0.1) is 0 Å². The fourth-order valence-electron chi connectivity index (χ4n) is 2.64. The highest BCUT2D eigenvalue weighted by Crippen LogP contribution is 2.22. The number of benzene rings is 3. The first-order chi connectivity index (χ1) is 13.8. The van der Waals surface area contributed by atoms with Crippen molar-refractivity contribution < 1.29 is 23.1 Å². The zero-order valence-electron chi connectivity index (χ0n) is 15.4. The van der Waals surface area contributed by atoms with Gasteiger partial charge in [-0.3, -0.25) is 9.10 Å². The number of carbonyl (C=O) groups excluding carboxylic acids is 2. The molecule has 3 rings (SSSR count). The Balaban J connectivity index is 1.77. The van der Waals surface area contributed by atoms with E-state index < -0.39 is 21.9 Å². The number of hydrogen-bond acceptors (Lipinski definition) is 5. The molecule has 0 heterocycles. The van der Waals surface area contributed by atoms with Crippen LogP contribution in [-0.4, -0.2) is 27.3 Å². The predicted octanol–water partition coefficient (Wildman–Crippen LogP) is 2.13. The summed E-state index contributed by atoms with van der Waals surface area (Å²) >= 11 is 0. The Morgan fingerprint density at radius 3 is 2.14 bits per heavy atom. The quantitative estimate of drug-likeness (QED) is 0.671. The summed E-state index contributed by atoms with van der Waals surface area (Å²) in [7, 11) is -2.28. The van der Waals surface area contributed by atoms with Gasteiger partial charge in [-0.15, -0.1) is 0 Å². The molecule has 0 saturated carbocycles. The number of carboxylic acid groups (broad SMARTS) is 1. The lowest BCUT2D eigenvalue weighted by molar-refractivity contribution is -0.255. The van der Waals surface area contributed by atoms with Crippen LogP contribution in [0.2, 0.25) is 0 Å². The van der Waals surface area contributed by atoms with Crippen LogP contribution < -0.4 is 14.7 Å². The van der Waals surface area contributed by atoms with Gasteiger partial charge in [0.25, 0.3) is 15.9 Å². The van der Waals surface area contributed by atoms with Gasteiger partial charge in [0.1, 0.15) is 0 Å². The summed E-state index contributed by atoms with van der Waals surface area (Å²) in [5.74, 6) is -1.80. The van der Waals surface area contributed by atoms with E-state index in [4.69, 9.17) is 0 Å². The summed E-state index contributed by atoms with van der Waals surface area (Å²) in [6.45, 7) is 0. The lowest BCUT2D eigenvalue weighted by Gasteiger charge is -2.19. The molecule has 1 N–H and O–H groups in total. The van der Waals surface area contributed by atoms with Gasteiger partial charge in [0.05, 0.1) is 16.6 Å². The summed E-state index contributed by atoms with van der Waals surface area (Å²) in [5, 5.41) is 13.5. The molecule has 0 fully saturated rings. The number of carbonyl (C=O) groups is 2. The van der Waals surface area contributed by atoms with Crippen LogP contribution in [-0.2, 0) is 10.0 Å². The Morgan fingerprint density at radius 1 is 0.862 bits per heavy atom. The van der Waals surface area contributed by atoms with Crippen LogP contribution in [0.5, 0.6) is 0 Å². The van der Waals surface area contributed by atoms with Gasteiger partial charge in [-0.1, -0.05) is 30.3 Å². The molecule has 0 unspecified atom stereocenters. The average Bonchev–Trinajstić information content (AvgIpc) is 2.74. The highest BCUT2D eigenvalue weighted by Gasteiger charge is 2.21. The first-order valence-corrected chi connectivity index (χ1v) is 10.00. The first kappa shape index (κ1) is 20.1. The maximum atomic E-state index is 12.7. The highest BCUT2D eigenvalue weighted by molar-refractivity contribution is 7.92. The maximum absolute atomic E-state index is 12.7. The largest absolute Gasteiger partial charge is 0.545 e. The van der Waals surface area contributed by atoms with E-state index in [0.29, 0.717) is 11.4 Å². The van der Waals surface area contributed by atoms with Crippen LogP contribution in [0.25, 0.3) is 0 Å². The Labute approximate surface area is 168 Å². The number of anilines is 2. The number of aromatic carboxylic acids is 1. The summed E-state index contributed by atoms with van der Waals surface area (Å²) in [6.07, 6.45) is 0. The van der Waals surface area contributed by atoms with Gasteiger partial charge in [0.15, 0.2) is 0 Å². The molecule has 0 aliphatic heterocycles. The van der Waals surface area contributed by atoms with E-state index in [1.807, 2.05) is 0 Å². The fourth-order valence-corrected chi connectivity index (χ4v) is 3.86. The number of nitrogens with one attached hydrogen (secondary N) is 1. The van der Waals surface area contributed by atoms with Crippen molar-refractivity contribution in [1.29, 1.82) is 0 Å². The van der Waals surface area contributed by atoms with E-state index >= 15 is 0 Å². The second-order valence-corrected chi connectivity index (χ2v) is 8.12. The van der Waals surface area contributed by atoms with Gasteiger partial charge < -0.3 is 15.2 Å². The molecular formula is C21H17N2O5S-. The lowest BCUT2D eigenvalue weighted by atomic mass is 10.1. The van der Waals surface area contributed by atoms with E-state index in [2.05, 4.69) is 5.32 Å². The molecule has 0 aliphatic rings. The third-order valence-electron chi connectivity index (χ3n) is 4.25. The normalized spacial score (nSPS) is 10.9. The monoisotopic (exact) mass is 409 g/mol. The molecular weight excluding hydrogens is 392 g/mol. The molecule has 3 aromatic carbocycles. The molecule has 0 atom stereocenters. The van der Waals surface area contributed by atoms with Crippen LogP contribution in [0.3, 0.4) is 0 Å². The smallest absolute Gasteiger partial charge is 0.264 e. The number of rotatable bonds is 6. The lowest BCUT2D eigenvalue weighted by Crippen LogP contribution is -2.26. The zero-order valence-corrected chi connectivity index (χ0v) is 16.2. The minimum Gasteiger partial charge on any atom is -0.545 e. The maximum Gasteiger partial charge on any atom is 0.264 e. The number of sulfonamides is 1. The molecule has 0 spiro atoms. The second kappa shape index (κ2) is 8.15. The fraction of sp³-hybridized carbons (Fsp3) is 0.0476. The molecule has 7 nitrogen and oxygen atoms in total. The SMILES string of the molecule is CN(c1ccc(C(=O)Nc2cccc(C(=O)[O-])c2)cc1)S(=O)(=O)c1ccccc1. The van der Waals surface area contributed by atoms with Crippen molar-refractivity contribution >= 4 is 33.3 Å².